The summed E-state index contributed by atoms with van der Waals surface area (Å²) >= 11 is 1.29. The molecule has 0 amide bonds. The number of hydrogen-bond donors (Lipinski definition) is 1. The highest BCUT2D eigenvalue weighted by atomic mass is 35.5. The fourth-order valence-electron chi connectivity index (χ4n) is 4.68. The van der Waals surface area contributed by atoms with Crippen molar-refractivity contribution in [3.63, 3.8) is 0 Å². The van der Waals surface area contributed by atoms with Crippen LogP contribution in [0.1, 0.15) is 38.2 Å². The molecule has 1 heterocycles. The predicted octanol–water partition coefficient (Wildman–Crippen LogP) is 5.64. The van der Waals surface area contributed by atoms with Gasteiger partial charge >= 0.3 is 5.97 Å². The molecule has 3 aromatic rings. The van der Waals surface area contributed by atoms with Crippen molar-refractivity contribution in [3.8, 4) is 11.1 Å². The molecule has 2 N–H and O–H groups in total. The van der Waals surface area contributed by atoms with Gasteiger partial charge in [-0.2, -0.15) is 4.31 Å². The number of benzene rings is 3. The van der Waals surface area contributed by atoms with Gasteiger partial charge in [-0.05, 0) is 59.2 Å². The molecular formula is C31H36ClFN2O5S2. The normalized spacial score (nSPS) is 16.9. The summed E-state index contributed by atoms with van der Waals surface area (Å²) in [5.74, 6) is -1.18. The topological polar surface area (TPSA) is 107 Å². The standard InChI is InChI=1S/C31H35FN2O5S2.ClH/c1-21(2)29(33)31(36)39-18-16-25(24-8-12-26(32)13-9-24)20-28(35)30-34(17-19-40-30)41(37,38)27-14-10-23(11-15-27)22-6-4-3-5-7-22;/h3-15,21,25,29-30H,16-20,33H2,1-2H3;1H/t25-,29+,30+;/m1./s1. The first kappa shape index (κ1) is 33.7. The number of carbonyl (C=O) groups is 2. The summed E-state index contributed by atoms with van der Waals surface area (Å²) in [5.41, 5.74) is 8.45. The molecule has 3 aromatic carbocycles. The summed E-state index contributed by atoms with van der Waals surface area (Å²) in [4.78, 5) is 25.9. The van der Waals surface area contributed by atoms with Gasteiger partial charge in [0, 0.05) is 18.7 Å². The Balaban J connectivity index is 0.00000484. The molecule has 1 aliphatic heterocycles. The number of carbonyl (C=O) groups excluding carboxylic acids is 2. The number of ether oxygens (including phenoxy) is 1. The van der Waals surface area contributed by atoms with E-state index in [0.29, 0.717) is 17.7 Å². The minimum absolute atomic E-state index is 0. The molecule has 11 heteroatoms. The Morgan fingerprint density at radius 3 is 2.24 bits per heavy atom. The molecule has 7 nitrogen and oxygen atoms in total. The van der Waals surface area contributed by atoms with Crippen LogP contribution in [-0.2, 0) is 24.3 Å². The van der Waals surface area contributed by atoms with E-state index in [0.717, 1.165) is 11.1 Å². The van der Waals surface area contributed by atoms with Crippen LogP contribution in [0, 0.1) is 11.7 Å². The maximum absolute atomic E-state index is 13.6. The van der Waals surface area contributed by atoms with Gasteiger partial charge in [0.2, 0.25) is 10.0 Å². The Kier molecular flexibility index (Phi) is 12.1. The van der Waals surface area contributed by atoms with Crippen LogP contribution >= 0.6 is 24.2 Å². The van der Waals surface area contributed by atoms with Gasteiger partial charge in [0.25, 0.3) is 0 Å². The molecule has 0 aliphatic carbocycles. The third-order valence-corrected chi connectivity index (χ3v) is 10.4. The highest BCUT2D eigenvalue weighted by Crippen LogP contribution is 2.35. The summed E-state index contributed by atoms with van der Waals surface area (Å²) in [6, 6.07) is 21.4. The van der Waals surface area contributed by atoms with E-state index in [9.17, 15) is 22.4 Å². The number of halogens is 2. The summed E-state index contributed by atoms with van der Waals surface area (Å²) in [7, 11) is -3.92. The second-order valence-electron chi connectivity index (χ2n) is 10.4. The van der Waals surface area contributed by atoms with Crippen LogP contribution in [0.2, 0.25) is 0 Å². The maximum atomic E-state index is 13.6. The van der Waals surface area contributed by atoms with Crippen molar-refractivity contribution in [1.29, 1.82) is 0 Å². The Morgan fingerprint density at radius 2 is 1.62 bits per heavy atom. The lowest BCUT2D eigenvalue weighted by molar-refractivity contribution is -0.146. The van der Waals surface area contributed by atoms with Crippen molar-refractivity contribution in [2.24, 2.45) is 11.7 Å². The van der Waals surface area contributed by atoms with E-state index in [1.807, 2.05) is 44.2 Å². The molecule has 0 bridgehead atoms. The van der Waals surface area contributed by atoms with Gasteiger partial charge in [-0.1, -0.05) is 68.4 Å². The Labute approximate surface area is 257 Å². The monoisotopic (exact) mass is 634 g/mol. The number of sulfonamides is 1. The van der Waals surface area contributed by atoms with Crippen molar-refractivity contribution in [2.75, 3.05) is 18.9 Å². The zero-order chi connectivity index (χ0) is 29.6. The highest BCUT2D eigenvalue weighted by Gasteiger charge is 2.40. The first-order valence-electron chi connectivity index (χ1n) is 13.6. The zero-order valence-electron chi connectivity index (χ0n) is 23.5. The van der Waals surface area contributed by atoms with E-state index in [1.165, 1.54) is 28.2 Å². The predicted molar refractivity (Wildman–Crippen MR) is 166 cm³/mol. The van der Waals surface area contributed by atoms with Crippen LogP contribution < -0.4 is 5.73 Å². The van der Waals surface area contributed by atoms with Gasteiger partial charge in [0.15, 0.2) is 5.78 Å². The van der Waals surface area contributed by atoms with Crippen molar-refractivity contribution in [2.45, 2.75) is 48.9 Å². The van der Waals surface area contributed by atoms with Crippen molar-refractivity contribution < 1.29 is 27.1 Å². The Bertz CT molecular complexity index is 1440. The van der Waals surface area contributed by atoms with Gasteiger partial charge in [-0.25, -0.2) is 12.8 Å². The number of ketones is 1. The summed E-state index contributed by atoms with van der Waals surface area (Å²) in [6.07, 6.45) is 0.315. The lowest BCUT2D eigenvalue weighted by Crippen LogP contribution is -2.40. The Hall–Kier alpha value is -2.76. The number of nitrogens with zero attached hydrogens (tertiary/aromatic N) is 1. The first-order valence-corrected chi connectivity index (χ1v) is 16.1. The third-order valence-electron chi connectivity index (χ3n) is 7.18. The van der Waals surface area contributed by atoms with E-state index in [-0.39, 0.29) is 48.6 Å². The molecule has 0 aromatic heterocycles. The highest BCUT2D eigenvalue weighted by molar-refractivity contribution is 8.02. The lowest BCUT2D eigenvalue weighted by atomic mass is 9.91. The number of esters is 1. The molecule has 226 valence electrons. The second-order valence-corrected chi connectivity index (χ2v) is 13.5. The minimum atomic E-state index is -3.92. The largest absolute Gasteiger partial charge is 0.465 e. The van der Waals surface area contributed by atoms with Crippen molar-refractivity contribution in [1.82, 2.24) is 4.31 Å². The number of rotatable bonds is 12. The molecule has 3 atom stereocenters. The van der Waals surface area contributed by atoms with E-state index in [1.54, 1.807) is 36.4 Å². The first-order chi connectivity index (χ1) is 19.6. The number of Topliss-reactive ketones (excluding diaryl/α,β-unsaturated/α-hetero) is 1. The van der Waals surface area contributed by atoms with Crippen LogP contribution in [0.15, 0.2) is 83.8 Å². The minimum Gasteiger partial charge on any atom is -0.465 e. The van der Waals surface area contributed by atoms with Crippen molar-refractivity contribution >= 4 is 45.9 Å². The lowest BCUT2D eigenvalue weighted by Gasteiger charge is -2.25. The fourth-order valence-corrected chi connectivity index (χ4v) is 7.84. The van der Waals surface area contributed by atoms with Gasteiger partial charge in [-0.3, -0.25) is 9.59 Å². The van der Waals surface area contributed by atoms with E-state index in [4.69, 9.17) is 10.5 Å². The fraction of sp³-hybridized carbons (Fsp3) is 0.355. The van der Waals surface area contributed by atoms with E-state index < -0.39 is 39.1 Å². The molecule has 1 saturated heterocycles. The average molecular weight is 635 g/mol. The molecule has 0 radical (unpaired) electrons. The average Bonchev–Trinajstić information content (AvgIpc) is 3.48. The van der Waals surface area contributed by atoms with Crippen LogP contribution in [-0.4, -0.2) is 54.8 Å². The number of nitrogens with two attached hydrogens (primary N) is 1. The summed E-state index contributed by atoms with van der Waals surface area (Å²) in [6.45, 7) is 3.89. The summed E-state index contributed by atoms with van der Waals surface area (Å²) < 4.78 is 47.5. The van der Waals surface area contributed by atoms with Gasteiger partial charge < -0.3 is 10.5 Å². The number of thioether (sulfide) groups is 1. The second kappa shape index (κ2) is 15.1. The molecule has 4 rings (SSSR count). The zero-order valence-corrected chi connectivity index (χ0v) is 26.0. The molecule has 0 unspecified atom stereocenters. The number of hydrogen-bond acceptors (Lipinski definition) is 7. The molecular weight excluding hydrogens is 599 g/mol. The molecule has 1 aliphatic rings. The van der Waals surface area contributed by atoms with Crippen molar-refractivity contribution in [3.05, 3.63) is 90.2 Å². The van der Waals surface area contributed by atoms with Crippen LogP contribution in [0.5, 0.6) is 0 Å². The van der Waals surface area contributed by atoms with E-state index >= 15 is 0 Å². The van der Waals surface area contributed by atoms with Gasteiger partial charge in [0.05, 0.1) is 11.5 Å². The van der Waals surface area contributed by atoms with Crippen LogP contribution in [0.3, 0.4) is 0 Å². The van der Waals surface area contributed by atoms with Gasteiger partial charge in [0.1, 0.15) is 17.2 Å². The molecule has 1 fully saturated rings. The third kappa shape index (κ3) is 8.20. The van der Waals surface area contributed by atoms with Gasteiger partial charge in [-0.15, -0.1) is 24.2 Å². The van der Waals surface area contributed by atoms with E-state index in [2.05, 4.69) is 0 Å². The molecule has 0 spiro atoms. The quantitative estimate of drug-likeness (QED) is 0.257. The SMILES string of the molecule is CC(C)[C@H](N)C(=O)OCC[C@H](CC(=O)[C@@H]1SCCN1S(=O)(=O)c1ccc(-c2ccccc2)cc1)c1ccc(F)cc1.Cl. The smallest absolute Gasteiger partial charge is 0.323 e. The summed E-state index contributed by atoms with van der Waals surface area (Å²) in [5, 5.41) is -0.881. The maximum Gasteiger partial charge on any atom is 0.323 e. The van der Waals surface area contributed by atoms with Crippen LogP contribution in [0.4, 0.5) is 4.39 Å². The molecule has 0 saturated carbocycles. The Morgan fingerprint density at radius 1 is 1.00 bits per heavy atom. The van der Waals surface area contributed by atoms with Crippen LogP contribution in [0.25, 0.3) is 11.1 Å². The molecule has 42 heavy (non-hydrogen) atoms.